The molecule has 0 fully saturated rings. The van der Waals surface area contributed by atoms with Crippen LogP contribution >= 0.6 is 0 Å². The number of esters is 1. The van der Waals surface area contributed by atoms with E-state index in [1.54, 1.807) is 0 Å². The summed E-state index contributed by atoms with van der Waals surface area (Å²) in [5.41, 5.74) is 0. The highest BCUT2D eigenvalue weighted by Gasteiger charge is 2.24. The maximum Gasteiger partial charge on any atom is 0.330 e. The summed E-state index contributed by atoms with van der Waals surface area (Å²) in [6.07, 6.45) is 1.30. The molecule has 1 aliphatic heterocycles. The van der Waals surface area contributed by atoms with Crippen molar-refractivity contribution in [3.05, 3.63) is 12.2 Å². The summed E-state index contributed by atoms with van der Waals surface area (Å²) in [6.45, 7) is 0.219. The maximum absolute atomic E-state index is 10.6. The van der Waals surface area contributed by atoms with Crippen molar-refractivity contribution in [3.8, 4) is 0 Å². The summed E-state index contributed by atoms with van der Waals surface area (Å²) in [6, 6.07) is 0. The van der Waals surface area contributed by atoms with Crippen molar-refractivity contribution in [1.29, 1.82) is 0 Å². The van der Waals surface area contributed by atoms with E-state index in [1.807, 2.05) is 0 Å². The Hall–Kier alpha value is -0.870. The van der Waals surface area contributed by atoms with Gasteiger partial charge in [-0.1, -0.05) is 0 Å². The fraction of sp³-hybridized carbons (Fsp3) is 0.571. The first-order valence-electron chi connectivity index (χ1n) is 3.30. The molecule has 0 radical (unpaired) electrons. The Kier molecular flexibility index (Phi) is 2.62. The first-order chi connectivity index (χ1) is 5.24. The van der Waals surface area contributed by atoms with E-state index in [0.29, 0.717) is 0 Å². The lowest BCUT2D eigenvalue weighted by atomic mass is 10.1. The van der Waals surface area contributed by atoms with Gasteiger partial charge >= 0.3 is 5.97 Å². The molecule has 0 spiro atoms. The number of carbonyl (C=O) groups excluding carboxylic acids is 1. The van der Waals surface area contributed by atoms with Crippen LogP contribution in [-0.2, 0) is 14.3 Å². The molecular weight excluding hydrogens is 148 g/mol. The third-order valence-electron chi connectivity index (χ3n) is 1.41. The molecule has 1 N–H and O–H groups in total. The second kappa shape index (κ2) is 3.50. The Labute approximate surface area is 64.4 Å². The number of carbonyl (C=O) groups is 1. The molecular formula is C7H10O4. The third kappa shape index (κ3) is 2.03. The molecule has 0 unspecified atom stereocenters. The highest BCUT2D eigenvalue weighted by atomic mass is 16.6. The van der Waals surface area contributed by atoms with Crippen LogP contribution < -0.4 is 0 Å². The SMILES string of the molecule is COC[C@H]1OC(=O)C=C[C@@H]1O. The van der Waals surface area contributed by atoms with E-state index in [-0.39, 0.29) is 6.61 Å². The minimum atomic E-state index is -0.743. The van der Waals surface area contributed by atoms with Gasteiger partial charge in [0.2, 0.25) is 0 Å². The zero-order chi connectivity index (χ0) is 8.27. The molecule has 0 aromatic carbocycles. The van der Waals surface area contributed by atoms with Gasteiger partial charge in [0.25, 0.3) is 0 Å². The Morgan fingerprint density at radius 2 is 2.55 bits per heavy atom. The molecule has 1 aliphatic rings. The number of aliphatic hydroxyl groups excluding tert-OH is 1. The van der Waals surface area contributed by atoms with Crippen LogP contribution in [-0.4, -0.2) is 37.0 Å². The molecule has 62 valence electrons. The van der Waals surface area contributed by atoms with Crippen LogP contribution in [0.25, 0.3) is 0 Å². The van der Waals surface area contributed by atoms with E-state index in [2.05, 4.69) is 0 Å². The minimum absolute atomic E-state index is 0.219. The lowest BCUT2D eigenvalue weighted by Crippen LogP contribution is -2.36. The third-order valence-corrected chi connectivity index (χ3v) is 1.41. The number of methoxy groups -OCH3 is 1. The van der Waals surface area contributed by atoms with Gasteiger partial charge in [-0.3, -0.25) is 0 Å². The van der Waals surface area contributed by atoms with Gasteiger partial charge in [-0.15, -0.1) is 0 Å². The highest BCUT2D eigenvalue weighted by molar-refractivity contribution is 5.83. The summed E-state index contributed by atoms with van der Waals surface area (Å²) in [4.78, 5) is 10.6. The van der Waals surface area contributed by atoms with Crippen LogP contribution in [0, 0.1) is 0 Å². The molecule has 4 nitrogen and oxygen atoms in total. The number of ether oxygens (including phenoxy) is 2. The van der Waals surface area contributed by atoms with Gasteiger partial charge in [-0.05, 0) is 6.08 Å². The number of hydrogen-bond acceptors (Lipinski definition) is 4. The summed E-state index contributed by atoms with van der Waals surface area (Å²) < 4.78 is 9.47. The number of hydrogen-bond donors (Lipinski definition) is 1. The Balaban J connectivity index is 2.53. The van der Waals surface area contributed by atoms with Crippen LogP contribution in [0.15, 0.2) is 12.2 Å². The largest absolute Gasteiger partial charge is 0.454 e. The fourth-order valence-corrected chi connectivity index (χ4v) is 0.856. The summed E-state index contributed by atoms with van der Waals surface area (Å²) >= 11 is 0. The van der Waals surface area contributed by atoms with Crippen molar-refractivity contribution in [2.75, 3.05) is 13.7 Å². The van der Waals surface area contributed by atoms with E-state index in [1.165, 1.54) is 19.3 Å². The fourth-order valence-electron chi connectivity index (χ4n) is 0.856. The standard InChI is InChI=1S/C7H10O4/c1-10-4-6-5(8)2-3-7(9)11-6/h2-3,5-6,8H,4H2,1H3/t5-,6+/m0/s1. The van der Waals surface area contributed by atoms with Gasteiger partial charge in [0.15, 0.2) is 6.10 Å². The number of aliphatic hydroxyl groups is 1. The zero-order valence-electron chi connectivity index (χ0n) is 6.19. The lowest BCUT2D eigenvalue weighted by Gasteiger charge is -2.22. The molecule has 0 saturated heterocycles. The molecule has 0 amide bonds. The van der Waals surface area contributed by atoms with Crippen LogP contribution in [0.3, 0.4) is 0 Å². The van der Waals surface area contributed by atoms with Gasteiger partial charge < -0.3 is 14.6 Å². The molecule has 0 saturated carbocycles. The average Bonchev–Trinajstić information content (AvgIpc) is 1.98. The summed E-state index contributed by atoms with van der Waals surface area (Å²) in [7, 11) is 1.48. The van der Waals surface area contributed by atoms with Crippen LogP contribution in [0.5, 0.6) is 0 Å². The first-order valence-corrected chi connectivity index (χ1v) is 3.30. The smallest absolute Gasteiger partial charge is 0.330 e. The molecule has 2 atom stereocenters. The van der Waals surface area contributed by atoms with Crippen molar-refractivity contribution < 1.29 is 19.4 Å². The Bertz CT molecular complexity index is 175. The number of cyclic esters (lactones) is 1. The molecule has 4 heteroatoms. The topological polar surface area (TPSA) is 55.8 Å². The molecule has 0 aromatic rings. The Morgan fingerprint density at radius 1 is 1.82 bits per heavy atom. The lowest BCUT2D eigenvalue weighted by molar-refractivity contribution is -0.153. The van der Waals surface area contributed by atoms with E-state index in [9.17, 15) is 9.90 Å². The van der Waals surface area contributed by atoms with Crippen molar-refractivity contribution in [2.45, 2.75) is 12.2 Å². The predicted octanol–water partition coefficient (Wildman–Crippen LogP) is -0.525. The quantitative estimate of drug-likeness (QED) is 0.549. The van der Waals surface area contributed by atoms with E-state index in [4.69, 9.17) is 9.47 Å². The Morgan fingerprint density at radius 3 is 3.18 bits per heavy atom. The van der Waals surface area contributed by atoms with Gasteiger partial charge in [0.1, 0.15) is 6.10 Å². The van der Waals surface area contributed by atoms with Gasteiger partial charge in [0, 0.05) is 13.2 Å². The maximum atomic E-state index is 10.6. The second-order valence-corrected chi connectivity index (χ2v) is 2.28. The summed E-state index contributed by atoms with van der Waals surface area (Å²) in [5, 5.41) is 9.17. The van der Waals surface area contributed by atoms with Crippen LogP contribution in [0.1, 0.15) is 0 Å². The van der Waals surface area contributed by atoms with Crippen molar-refractivity contribution >= 4 is 5.97 Å². The molecule has 0 aromatic heterocycles. The zero-order valence-corrected chi connectivity index (χ0v) is 6.19. The van der Waals surface area contributed by atoms with Crippen LogP contribution in [0.4, 0.5) is 0 Å². The highest BCUT2D eigenvalue weighted by Crippen LogP contribution is 2.08. The minimum Gasteiger partial charge on any atom is -0.454 e. The normalized spacial score (nSPS) is 30.2. The van der Waals surface area contributed by atoms with Crippen molar-refractivity contribution in [1.82, 2.24) is 0 Å². The van der Waals surface area contributed by atoms with Crippen molar-refractivity contribution in [3.63, 3.8) is 0 Å². The molecule has 1 heterocycles. The van der Waals surface area contributed by atoms with E-state index < -0.39 is 18.2 Å². The van der Waals surface area contributed by atoms with E-state index in [0.717, 1.165) is 0 Å². The van der Waals surface area contributed by atoms with Gasteiger partial charge in [0.05, 0.1) is 6.61 Å². The molecule has 0 bridgehead atoms. The monoisotopic (exact) mass is 158 g/mol. The van der Waals surface area contributed by atoms with Gasteiger partial charge in [-0.2, -0.15) is 0 Å². The first kappa shape index (κ1) is 8.23. The van der Waals surface area contributed by atoms with Gasteiger partial charge in [-0.25, -0.2) is 4.79 Å². The second-order valence-electron chi connectivity index (χ2n) is 2.28. The van der Waals surface area contributed by atoms with Crippen molar-refractivity contribution in [2.24, 2.45) is 0 Å². The predicted molar refractivity (Wildman–Crippen MR) is 36.9 cm³/mol. The summed E-state index contributed by atoms with van der Waals surface area (Å²) in [5.74, 6) is -0.433. The molecule has 0 aliphatic carbocycles. The molecule has 11 heavy (non-hydrogen) atoms. The van der Waals surface area contributed by atoms with Crippen LogP contribution in [0.2, 0.25) is 0 Å². The average molecular weight is 158 g/mol. The van der Waals surface area contributed by atoms with E-state index >= 15 is 0 Å². The molecule has 1 rings (SSSR count). The number of rotatable bonds is 2.